The third kappa shape index (κ3) is 4.79. The standard InChI is InChI=1S/C16H21F2NO4/c1-16(2,3)23-15(21)19-8-14(7-12(19)9-20)22-13-5-10(17)4-11(18)6-13/h4-6,12,14,20H,7-9H2,1-3H3/t12-,14-/m0/s1. The Balaban J connectivity index is 2.04. The minimum Gasteiger partial charge on any atom is -0.488 e. The molecule has 2 rings (SSSR count). The summed E-state index contributed by atoms with van der Waals surface area (Å²) in [6.07, 6.45) is -0.664. The van der Waals surface area contributed by atoms with Crippen LogP contribution in [0.15, 0.2) is 18.2 Å². The van der Waals surface area contributed by atoms with Crippen LogP contribution in [0.5, 0.6) is 5.75 Å². The summed E-state index contributed by atoms with van der Waals surface area (Å²) >= 11 is 0. The fourth-order valence-electron chi connectivity index (χ4n) is 2.47. The highest BCUT2D eigenvalue weighted by molar-refractivity contribution is 5.69. The zero-order chi connectivity index (χ0) is 17.2. The van der Waals surface area contributed by atoms with Gasteiger partial charge in [-0.25, -0.2) is 13.6 Å². The van der Waals surface area contributed by atoms with Crippen molar-refractivity contribution in [2.24, 2.45) is 0 Å². The quantitative estimate of drug-likeness (QED) is 0.926. The Labute approximate surface area is 133 Å². The number of halogens is 2. The van der Waals surface area contributed by atoms with Gasteiger partial charge in [0.15, 0.2) is 0 Å². The molecule has 5 nitrogen and oxygen atoms in total. The lowest BCUT2D eigenvalue weighted by molar-refractivity contribution is 0.0165. The van der Waals surface area contributed by atoms with Gasteiger partial charge in [0, 0.05) is 24.6 Å². The first-order valence-corrected chi connectivity index (χ1v) is 7.41. The number of ether oxygens (including phenoxy) is 2. The van der Waals surface area contributed by atoms with Crippen molar-refractivity contribution in [1.29, 1.82) is 0 Å². The molecule has 1 fully saturated rings. The molecule has 0 unspecified atom stereocenters. The number of aliphatic hydroxyl groups excluding tert-OH is 1. The molecule has 1 aliphatic heterocycles. The summed E-state index contributed by atoms with van der Waals surface area (Å²) in [6.45, 7) is 5.18. The number of aliphatic hydroxyl groups is 1. The molecule has 128 valence electrons. The predicted octanol–water partition coefficient (Wildman–Crippen LogP) is 2.71. The number of nitrogens with zero attached hydrogens (tertiary/aromatic N) is 1. The van der Waals surface area contributed by atoms with Gasteiger partial charge < -0.3 is 14.6 Å². The lowest BCUT2D eigenvalue weighted by Crippen LogP contribution is -2.41. The highest BCUT2D eigenvalue weighted by atomic mass is 19.1. The number of benzene rings is 1. The van der Waals surface area contributed by atoms with Crippen molar-refractivity contribution in [3.8, 4) is 5.75 Å². The van der Waals surface area contributed by atoms with Gasteiger partial charge in [0.2, 0.25) is 0 Å². The number of carbonyl (C=O) groups excluding carboxylic acids is 1. The van der Waals surface area contributed by atoms with E-state index in [9.17, 15) is 18.7 Å². The first kappa shape index (κ1) is 17.5. The maximum absolute atomic E-state index is 13.2. The third-order valence-corrected chi connectivity index (χ3v) is 3.35. The molecule has 0 aliphatic carbocycles. The molecule has 0 aromatic heterocycles. The third-order valence-electron chi connectivity index (χ3n) is 3.35. The smallest absolute Gasteiger partial charge is 0.410 e. The van der Waals surface area contributed by atoms with Gasteiger partial charge in [-0.15, -0.1) is 0 Å². The second-order valence-corrected chi connectivity index (χ2v) is 6.55. The Hall–Kier alpha value is -1.89. The van der Waals surface area contributed by atoms with Crippen LogP contribution in [0, 0.1) is 11.6 Å². The molecule has 2 atom stereocenters. The van der Waals surface area contributed by atoms with Crippen molar-refractivity contribution < 1.29 is 28.2 Å². The average Bonchev–Trinajstić information content (AvgIpc) is 2.78. The van der Waals surface area contributed by atoms with E-state index < -0.39 is 35.5 Å². The van der Waals surface area contributed by atoms with E-state index in [2.05, 4.69) is 0 Å². The van der Waals surface area contributed by atoms with Crippen LogP contribution in [0.1, 0.15) is 27.2 Å². The van der Waals surface area contributed by atoms with Gasteiger partial charge >= 0.3 is 6.09 Å². The lowest BCUT2D eigenvalue weighted by Gasteiger charge is -2.27. The van der Waals surface area contributed by atoms with Gasteiger partial charge in [-0.1, -0.05) is 0 Å². The van der Waals surface area contributed by atoms with E-state index in [1.807, 2.05) is 0 Å². The molecule has 23 heavy (non-hydrogen) atoms. The average molecular weight is 329 g/mol. The van der Waals surface area contributed by atoms with Crippen LogP contribution >= 0.6 is 0 Å². The van der Waals surface area contributed by atoms with Crippen molar-refractivity contribution in [3.05, 3.63) is 29.8 Å². The van der Waals surface area contributed by atoms with Crippen molar-refractivity contribution in [2.75, 3.05) is 13.2 Å². The van der Waals surface area contributed by atoms with Crippen LogP contribution in [-0.4, -0.2) is 47.0 Å². The summed E-state index contributed by atoms with van der Waals surface area (Å²) in [5, 5.41) is 9.43. The van der Waals surface area contributed by atoms with Crippen molar-refractivity contribution in [2.45, 2.75) is 44.9 Å². The molecule has 0 bridgehead atoms. The molecule has 1 aliphatic rings. The number of hydrogen-bond acceptors (Lipinski definition) is 4. The van der Waals surface area contributed by atoms with Gasteiger partial charge in [0.1, 0.15) is 29.1 Å². The molecule has 1 saturated heterocycles. The second kappa shape index (κ2) is 6.70. The van der Waals surface area contributed by atoms with E-state index in [1.165, 1.54) is 4.90 Å². The lowest BCUT2D eigenvalue weighted by atomic mass is 10.2. The molecule has 0 spiro atoms. The van der Waals surface area contributed by atoms with Crippen LogP contribution in [0.25, 0.3) is 0 Å². The molecule has 1 N–H and O–H groups in total. The predicted molar refractivity (Wildman–Crippen MR) is 79.2 cm³/mol. The summed E-state index contributed by atoms with van der Waals surface area (Å²) in [5.41, 5.74) is -0.651. The van der Waals surface area contributed by atoms with Crippen LogP contribution in [0.3, 0.4) is 0 Å². The largest absolute Gasteiger partial charge is 0.488 e. The van der Waals surface area contributed by atoms with E-state index >= 15 is 0 Å². The van der Waals surface area contributed by atoms with Gasteiger partial charge in [0.25, 0.3) is 0 Å². The fraction of sp³-hybridized carbons (Fsp3) is 0.562. The summed E-state index contributed by atoms with van der Waals surface area (Å²) in [7, 11) is 0. The van der Waals surface area contributed by atoms with Gasteiger partial charge in [-0.05, 0) is 20.8 Å². The first-order chi connectivity index (χ1) is 10.7. The molecule has 0 radical (unpaired) electrons. The van der Waals surface area contributed by atoms with E-state index in [0.29, 0.717) is 6.42 Å². The zero-order valence-corrected chi connectivity index (χ0v) is 13.4. The maximum Gasteiger partial charge on any atom is 0.410 e. The second-order valence-electron chi connectivity index (χ2n) is 6.55. The van der Waals surface area contributed by atoms with E-state index in [-0.39, 0.29) is 18.9 Å². The number of rotatable bonds is 3. The van der Waals surface area contributed by atoms with Crippen LogP contribution in [-0.2, 0) is 4.74 Å². The summed E-state index contributed by atoms with van der Waals surface area (Å²) < 4.78 is 37.2. The Kier molecular flexibility index (Phi) is 5.09. The minimum absolute atomic E-state index is 0.0511. The normalized spacial score (nSPS) is 21.4. The van der Waals surface area contributed by atoms with E-state index in [4.69, 9.17) is 9.47 Å². The fourth-order valence-corrected chi connectivity index (χ4v) is 2.47. The SMILES string of the molecule is CC(C)(C)OC(=O)N1C[C@@H](Oc2cc(F)cc(F)c2)C[C@H]1CO. The monoisotopic (exact) mass is 329 g/mol. The molecule has 1 aromatic carbocycles. The highest BCUT2D eigenvalue weighted by Crippen LogP contribution is 2.25. The molecular formula is C16H21F2NO4. The number of carbonyl (C=O) groups is 1. The van der Waals surface area contributed by atoms with Crippen molar-refractivity contribution in [3.63, 3.8) is 0 Å². The first-order valence-electron chi connectivity index (χ1n) is 7.41. The Morgan fingerprint density at radius 2 is 1.91 bits per heavy atom. The van der Waals surface area contributed by atoms with Crippen molar-refractivity contribution in [1.82, 2.24) is 4.90 Å². The molecule has 0 saturated carbocycles. The summed E-state index contributed by atoms with van der Waals surface area (Å²) in [5.74, 6) is -1.42. The maximum atomic E-state index is 13.2. The summed E-state index contributed by atoms with van der Waals surface area (Å²) in [6, 6.07) is 2.46. The number of likely N-dealkylation sites (tertiary alicyclic amines) is 1. The van der Waals surface area contributed by atoms with E-state index in [1.54, 1.807) is 20.8 Å². The summed E-state index contributed by atoms with van der Waals surface area (Å²) in [4.78, 5) is 13.5. The van der Waals surface area contributed by atoms with Crippen LogP contribution in [0.4, 0.5) is 13.6 Å². The Bertz CT molecular complexity index is 553. The molecular weight excluding hydrogens is 308 g/mol. The minimum atomic E-state index is -0.735. The van der Waals surface area contributed by atoms with Crippen LogP contribution < -0.4 is 4.74 Å². The molecule has 1 heterocycles. The molecule has 1 amide bonds. The number of hydrogen-bond donors (Lipinski definition) is 1. The zero-order valence-electron chi connectivity index (χ0n) is 13.4. The molecule has 7 heteroatoms. The van der Waals surface area contributed by atoms with Gasteiger partial charge in [-0.2, -0.15) is 0 Å². The number of amides is 1. The Morgan fingerprint density at radius 1 is 1.30 bits per heavy atom. The highest BCUT2D eigenvalue weighted by Gasteiger charge is 2.38. The van der Waals surface area contributed by atoms with Crippen LogP contribution in [0.2, 0.25) is 0 Å². The van der Waals surface area contributed by atoms with Crippen molar-refractivity contribution >= 4 is 6.09 Å². The topological polar surface area (TPSA) is 59.0 Å². The molecule has 1 aromatic rings. The van der Waals surface area contributed by atoms with E-state index in [0.717, 1.165) is 18.2 Å². The Morgan fingerprint density at radius 3 is 2.43 bits per heavy atom. The van der Waals surface area contributed by atoms with Gasteiger partial charge in [-0.3, -0.25) is 4.90 Å². The van der Waals surface area contributed by atoms with Gasteiger partial charge in [0.05, 0.1) is 19.2 Å².